The van der Waals surface area contributed by atoms with E-state index >= 15 is 0 Å². The molecule has 0 fully saturated rings. The van der Waals surface area contributed by atoms with Crippen molar-refractivity contribution >= 4 is 28.7 Å². The fraction of sp³-hybridized carbons (Fsp3) is 0.0833. The molecule has 0 aliphatic rings. The van der Waals surface area contributed by atoms with Gasteiger partial charge in [0.1, 0.15) is 5.82 Å². The van der Waals surface area contributed by atoms with E-state index in [0.29, 0.717) is 35.3 Å². The van der Waals surface area contributed by atoms with E-state index in [4.69, 9.17) is 0 Å². The molecular weight excluding hydrogens is 378 g/mol. The molecule has 0 unspecified atom stereocenters. The van der Waals surface area contributed by atoms with Crippen LogP contribution >= 0.6 is 0 Å². The normalized spacial score (nSPS) is 11.2. The third-order valence-electron chi connectivity index (χ3n) is 4.86. The number of nitrogens with zero attached hydrogens (tertiary/aromatic N) is 3. The van der Waals surface area contributed by atoms with E-state index in [1.54, 1.807) is 34.9 Å². The van der Waals surface area contributed by atoms with Crippen molar-refractivity contribution in [2.24, 2.45) is 0 Å². The molecule has 30 heavy (non-hydrogen) atoms. The lowest BCUT2D eigenvalue weighted by atomic mass is 10.1. The first-order chi connectivity index (χ1) is 14.6. The van der Waals surface area contributed by atoms with Crippen LogP contribution in [0.1, 0.15) is 17.0 Å². The Labute approximate surface area is 172 Å². The van der Waals surface area contributed by atoms with E-state index in [-0.39, 0.29) is 11.2 Å². The molecular formula is C24H19N3O3. The van der Waals surface area contributed by atoms with Gasteiger partial charge in [0.15, 0.2) is 0 Å². The van der Waals surface area contributed by atoms with Crippen LogP contribution in [0.3, 0.4) is 0 Å². The molecule has 0 aliphatic carbocycles. The smallest absolute Gasteiger partial charge is 0.270 e. The van der Waals surface area contributed by atoms with Crippen molar-refractivity contribution in [3.8, 4) is 0 Å². The number of para-hydroxylation sites is 1. The molecule has 0 spiro atoms. The summed E-state index contributed by atoms with van der Waals surface area (Å²) in [6, 6.07) is 23.6. The van der Waals surface area contributed by atoms with Crippen molar-refractivity contribution in [1.29, 1.82) is 0 Å². The van der Waals surface area contributed by atoms with Crippen molar-refractivity contribution in [2.75, 3.05) is 0 Å². The Kier molecular flexibility index (Phi) is 5.48. The van der Waals surface area contributed by atoms with Gasteiger partial charge >= 0.3 is 0 Å². The lowest BCUT2D eigenvalue weighted by Gasteiger charge is -2.11. The van der Waals surface area contributed by atoms with E-state index in [0.717, 1.165) is 5.56 Å². The predicted octanol–water partition coefficient (Wildman–Crippen LogP) is 4.72. The zero-order valence-electron chi connectivity index (χ0n) is 16.1. The van der Waals surface area contributed by atoms with Crippen LogP contribution in [0.4, 0.5) is 5.69 Å². The second-order valence-electron chi connectivity index (χ2n) is 6.86. The molecule has 0 bridgehead atoms. The summed E-state index contributed by atoms with van der Waals surface area (Å²) in [5.41, 5.74) is 2.34. The van der Waals surface area contributed by atoms with Gasteiger partial charge in [-0.05, 0) is 35.8 Å². The van der Waals surface area contributed by atoms with E-state index in [1.165, 1.54) is 12.1 Å². The average Bonchev–Trinajstić information content (AvgIpc) is 2.78. The summed E-state index contributed by atoms with van der Waals surface area (Å²) in [6.45, 7) is 0.481. The molecule has 148 valence electrons. The van der Waals surface area contributed by atoms with Crippen molar-refractivity contribution < 1.29 is 4.92 Å². The molecule has 0 amide bonds. The lowest BCUT2D eigenvalue weighted by molar-refractivity contribution is -0.384. The maximum absolute atomic E-state index is 13.1. The number of fused-ring (bicyclic) bond motifs is 1. The minimum atomic E-state index is -0.429. The van der Waals surface area contributed by atoms with Crippen LogP contribution in [-0.2, 0) is 13.0 Å². The van der Waals surface area contributed by atoms with Gasteiger partial charge in [-0.2, -0.15) is 0 Å². The predicted molar refractivity (Wildman–Crippen MR) is 118 cm³/mol. The third kappa shape index (κ3) is 4.17. The van der Waals surface area contributed by atoms with Crippen molar-refractivity contribution in [2.45, 2.75) is 13.0 Å². The molecule has 0 aliphatic heterocycles. The first kappa shape index (κ1) is 19.3. The number of aromatic nitrogens is 2. The topological polar surface area (TPSA) is 78.0 Å². The van der Waals surface area contributed by atoms with Crippen molar-refractivity contribution in [3.63, 3.8) is 0 Å². The monoisotopic (exact) mass is 397 g/mol. The number of nitro groups is 1. The number of benzene rings is 3. The second-order valence-corrected chi connectivity index (χ2v) is 6.86. The summed E-state index contributed by atoms with van der Waals surface area (Å²) in [7, 11) is 0. The van der Waals surface area contributed by atoms with Gasteiger partial charge in [-0.3, -0.25) is 19.5 Å². The van der Waals surface area contributed by atoms with Crippen LogP contribution in [0.25, 0.3) is 23.1 Å². The Bertz CT molecular complexity index is 1290. The first-order valence-electron chi connectivity index (χ1n) is 9.58. The van der Waals surface area contributed by atoms with E-state index in [9.17, 15) is 14.9 Å². The lowest BCUT2D eigenvalue weighted by Crippen LogP contribution is -2.24. The van der Waals surface area contributed by atoms with E-state index < -0.39 is 4.92 Å². The Hall–Kier alpha value is -4.06. The minimum absolute atomic E-state index is 0.0186. The molecule has 6 nitrogen and oxygen atoms in total. The van der Waals surface area contributed by atoms with Gasteiger partial charge in [0, 0.05) is 18.7 Å². The molecule has 0 saturated heterocycles. The molecule has 0 radical (unpaired) electrons. The molecule has 0 atom stereocenters. The number of aryl methyl sites for hydroxylation is 1. The summed E-state index contributed by atoms with van der Waals surface area (Å²) in [5, 5.41) is 11.6. The maximum atomic E-state index is 13.1. The number of nitro benzene ring substituents is 1. The number of hydrogen-bond donors (Lipinski definition) is 0. The zero-order valence-corrected chi connectivity index (χ0v) is 16.1. The van der Waals surface area contributed by atoms with Crippen LogP contribution in [0.5, 0.6) is 0 Å². The molecule has 4 aromatic rings. The van der Waals surface area contributed by atoms with E-state index in [1.807, 2.05) is 48.5 Å². The molecule has 0 saturated carbocycles. The van der Waals surface area contributed by atoms with Crippen LogP contribution < -0.4 is 5.56 Å². The van der Waals surface area contributed by atoms with E-state index in [2.05, 4.69) is 4.98 Å². The largest absolute Gasteiger partial charge is 0.292 e. The molecule has 4 rings (SSSR count). The Balaban J connectivity index is 1.74. The summed E-state index contributed by atoms with van der Waals surface area (Å²) < 4.78 is 1.66. The van der Waals surface area contributed by atoms with Gasteiger partial charge in [-0.1, -0.05) is 60.7 Å². The van der Waals surface area contributed by atoms with Crippen LogP contribution in [0.2, 0.25) is 0 Å². The SMILES string of the molecule is O=c1c2ccccc2nc(/C=C/c2cccc([N+](=O)[O-])c2)n1CCc1ccccc1. The summed E-state index contributed by atoms with van der Waals surface area (Å²) >= 11 is 0. The highest BCUT2D eigenvalue weighted by atomic mass is 16.6. The van der Waals surface area contributed by atoms with Gasteiger partial charge in [0.25, 0.3) is 11.2 Å². The highest BCUT2D eigenvalue weighted by molar-refractivity contribution is 5.79. The van der Waals surface area contributed by atoms with Gasteiger partial charge in [0.2, 0.25) is 0 Å². The fourth-order valence-electron chi connectivity index (χ4n) is 3.33. The number of rotatable bonds is 6. The summed E-state index contributed by atoms with van der Waals surface area (Å²) in [6.07, 6.45) is 4.17. The second kappa shape index (κ2) is 8.53. The quantitative estimate of drug-likeness (QED) is 0.348. The molecule has 6 heteroatoms. The highest BCUT2D eigenvalue weighted by Crippen LogP contribution is 2.16. The van der Waals surface area contributed by atoms with Crippen molar-refractivity contribution in [1.82, 2.24) is 9.55 Å². The Morgan fingerprint density at radius 1 is 0.933 bits per heavy atom. The highest BCUT2D eigenvalue weighted by Gasteiger charge is 2.10. The van der Waals surface area contributed by atoms with Crippen LogP contribution in [0.15, 0.2) is 83.7 Å². The number of non-ortho nitro benzene ring substituents is 1. The van der Waals surface area contributed by atoms with Crippen LogP contribution in [0, 0.1) is 10.1 Å². The van der Waals surface area contributed by atoms with Gasteiger partial charge in [-0.25, -0.2) is 4.98 Å². The number of hydrogen-bond acceptors (Lipinski definition) is 4. The Morgan fingerprint density at radius 3 is 2.50 bits per heavy atom. The van der Waals surface area contributed by atoms with Gasteiger partial charge in [0.05, 0.1) is 15.8 Å². The average molecular weight is 397 g/mol. The molecule has 3 aromatic carbocycles. The first-order valence-corrected chi connectivity index (χ1v) is 9.58. The minimum Gasteiger partial charge on any atom is -0.292 e. The molecule has 1 heterocycles. The van der Waals surface area contributed by atoms with Gasteiger partial charge in [-0.15, -0.1) is 0 Å². The van der Waals surface area contributed by atoms with Gasteiger partial charge < -0.3 is 0 Å². The molecule has 1 aromatic heterocycles. The summed E-state index contributed by atoms with van der Waals surface area (Å²) in [5.74, 6) is 0.515. The van der Waals surface area contributed by atoms with Crippen molar-refractivity contribution in [3.05, 3.63) is 116 Å². The third-order valence-corrected chi connectivity index (χ3v) is 4.86. The fourth-order valence-corrected chi connectivity index (χ4v) is 3.33. The maximum Gasteiger partial charge on any atom is 0.270 e. The van der Waals surface area contributed by atoms with Crippen LogP contribution in [-0.4, -0.2) is 14.5 Å². The Morgan fingerprint density at radius 2 is 1.70 bits per heavy atom. The standard InChI is InChI=1S/C24H19N3O3/c28-24-21-11-4-5-12-22(21)25-23(26(24)16-15-18-7-2-1-3-8-18)14-13-19-9-6-10-20(17-19)27(29)30/h1-14,17H,15-16H2/b14-13+. The zero-order chi connectivity index (χ0) is 20.9. The molecule has 0 N–H and O–H groups in total. The summed E-state index contributed by atoms with van der Waals surface area (Å²) in [4.78, 5) is 28.4.